The molecule has 2 N–H and O–H groups in total. The van der Waals surface area contributed by atoms with Crippen molar-refractivity contribution in [2.45, 2.75) is 57.7 Å². The van der Waals surface area contributed by atoms with Gasteiger partial charge in [0, 0.05) is 18.1 Å². The minimum absolute atomic E-state index is 0.140. The molecule has 1 saturated carbocycles. The van der Waals surface area contributed by atoms with E-state index in [0.29, 0.717) is 6.04 Å². The Bertz CT molecular complexity index is 398. The molecule has 0 heterocycles. The Balaban J connectivity index is 2.18. The minimum atomic E-state index is 0.140. The van der Waals surface area contributed by atoms with Crippen LogP contribution in [0.1, 0.15) is 51.1 Å². The lowest BCUT2D eigenvalue weighted by Gasteiger charge is -2.35. The smallest absolute Gasteiger partial charge is 0.118 e. The maximum Gasteiger partial charge on any atom is 0.118 e. The molecular formula is C17H28N2O. The first kappa shape index (κ1) is 15.3. The number of hydrogen-bond donors (Lipinski definition) is 1. The molecule has 1 aromatic rings. The molecule has 3 nitrogen and oxygen atoms in total. The van der Waals surface area contributed by atoms with Gasteiger partial charge in [-0.1, -0.05) is 25.5 Å². The molecule has 1 aromatic carbocycles. The van der Waals surface area contributed by atoms with Gasteiger partial charge in [-0.05, 0) is 50.4 Å². The number of nitrogens with zero attached hydrogens (tertiary/aromatic N) is 1. The molecule has 0 saturated heterocycles. The molecule has 0 spiro atoms. The van der Waals surface area contributed by atoms with Crippen molar-refractivity contribution in [3.8, 4) is 5.75 Å². The Hall–Kier alpha value is -1.06. The maximum atomic E-state index is 6.30. The molecule has 0 bridgehead atoms. The van der Waals surface area contributed by atoms with Crippen molar-refractivity contribution in [3.63, 3.8) is 0 Å². The molecule has 2 unspecified atom stereocenters. The number of methoxy groups -OCH3 is 1. The second-order valence-corrected chi connectivity index (χ2v) is 5.90. The van der Waals surface area contributed by atoms with Crippen LogP contribution in [0.15, 0.2) is 24.3 Å². The molecule has 2 rings (SSSR count). The Morgan fingerprint density at radius 3 is 2.40 bits per heavy atom. The van der Waals surface area contributed by atoms with Crippen LogP contribution in [-0.2, 0) is 0 Å². The summed E-state index contributed by atoms with van der Waals surface area (Å²) in [6.07, 6.45) is 5.12. The van der Waals surface area contributed by atoms with Crippen LogP contribution >= 0.6 is 0 Å². The van der Waals surface area contributed by atoms with E-state index in [9.17, 15) is 0 Å². The fourth-order valence-electron chi connectivity index (χ4n) is 2.89. The summed E-state index contributed by atoms with van der Waals surface area (Å²) in [5.74, 6) is 0.906. The zero-order chi connectivity index (χ0) is 14.5. The molecule has 0 radical (unpaired) electrons. The van der Waals surface area contributed by atoms with E-state index in [4.69, 9.17) is 10.5 Å². The predicted octanol–water partition coefficient (Wildman–Crippen LogP) is 3.35. The first-order valence-corrected chi connectivity index (χ1v) is 7.82. The monoisotopic (exact) mass is 276 g/mol. The van der Waals surface area contributed by atoms with Gasteiger partial charge in [-0.3, -0.25) is 4.90 Å². The highest BCUT2D eigenvalue weighted by molar-refractivity contribution is 5.30. The molecule has 0 amide bonds. The van der Waals surface area contributed by atoms with E-state index in [-0.39, 0.29) is 6.04 Å². The molecule has 1 aliphatic rings. The van der Waals surface area contributed by atoms with Gasteiger partial charge in [-0.25, -0.2) is 0 Å². The van der Waals surface area contributed by atoms with Gasteiger partial charge in [0.25, 0.3) is 0 Å². The quantitative estimate of drug-likeness (QED) is 0.791. The van der Waals surface area contributed by atoms with Gasteiger partial charge in [0.1, 0.15) is 5.75 Å². The van der Waals surface area contributed by atoms with Crippen molar-refractivity contribution in [3.05, 3.63) is 29.8 Å². The fourth-order valence-corrected chi connectivity index (χ4v) is 2.89. The van der Waals surface area contributed by atoms with Crippen LogP contribution in [0.3, 0.4) is 0 Å². The normalized spacial score (nSPS) is 18.1. The highest BCUT2D eigenvalue weighted by Gasteiger charge is 2.35. The van der Waals surface area contributed by atoms with Gasteiger partial charge in [0.15, 0.2) is 0 Å². The topological polar surface area (TPSA) is 38.5 Å². The second kappa shape index (κ2) is 7.09. The summed E-state index contributed by atoms with van der Waals surface area (Å²) in [5.41, 5.74) is 7.61. The summed E-state index contributed by atoms with van der Waals surface area (Å²) in [4.78, 5) is 2.62. The third-order valence-electron chi connectivity index (χ3n) is 4.10. The zero-order valence-electron chi connectivity index (χ0n) is 13.0. The molecule has 1 aliphatic carbocycles. The summed E-state index contributed by atoms with van der Waals surface area (Å²) >= 11 is 0. The fraction of sp³-hybridized carbons (Fsp3) is 0.647. The maximum absolute atomic E-state index is 6.30. The summed E-state index contributed by atoms with van der Waals surface area (Å²) < 4.78 is 5.25. The van der Waals surface area contributed by atoms with Crippen LogP contribution in [0.4, 0.5) is 0 Å². The first-order chi connectivity index (χ1) is 9.67. The average Bonchev–Trinajstić information content (AvgIpc) is 3.28. The van der Waals surface area contributed by atoms with Gasteiger partial charge in [-0.2, -0.15) is 0 Å². The van der Waals surface area contributed by atoms with Crippen LogP contribution in [0, 0.1) is 0 Å². The minimum Gasteiger partial charge on any atom is -0.497 e. The number of rotatable bonds is 8. The summed E-state index contributed by atoms with van der Waals surface area (Å²) in [6, 6.07) is 9.59. The van der Waals surface area contributed by atoms with E-state index in [0.717, 1.165) is 18.3 Å². The Labute approximate surface area is 123 Å². The SMILES string of the molecule is CCCCN(C1CC1)C(c1ccc(OC)cc1)C(C)N. The van der Waals surface area contributed by atoms with E-state index in [2.05, 4.69) is 30.9 Å². The number of benzene rings is 1. The van der Waals surface area contributed by atoms with Gasteiger partial charge in [0.2, 0.25) is 0 Å². The van der Waals surface area contributed by atoms with Crippen molar-refractivity contribution >= 4 is 0 Å². The van der Waals surface area contributed by atoms with Gasteiger partial charge < -0.3 is 10.5 Å². The highest BCUT2D eigenvalue weighted by atomic mass is 16.5. The number of ether oxygens (including phenoxy) is 1. The molecular weight excluding hydrogens is 248 g/mol. The Morgan fingerprint density at radius 2 is 1.95 bits per heavy atom. The lowest BCUT2D eigenvalue weighted by molar-refractivity contribution is 0.164. The number of nitrogens with two attached hydrogens (primary N) is 1. The molecule has 112 valence electrons. The molecule has 0 aliphatic heterocycles. The van der Waals surface area contributed by atoms with Crippen LogP contribution < -0.4 is 10.5 Å². The lowest BCUT2D eigenvalue weighted by Crippen LogP contribution is -2.41. The standard InChI is InChI=1S/C17H28N2O/c1-4-5-12-19(15-8-9-15)17(13(2)18)14-6-10-16(20-3)11-7-14/h6-7,10-11,13,15,17H,4-5,8-9,12,18H2,1-3H3. The van der Waals surface area contributed by atoms with Gasteiger partial charge >= 0.3 is 0 Å². The van der Waals surface area contributed by atoms with E-state index in [1.165, 1.54) is 31.2 Å². The Morgan fingerprint density at radius 1 is 1.30 bits per heavy atom. The first-order valence-electron chi connectivity index (χ1n) is 7.82. The van der Waals surface area contributed by atoms with Crippen molar-refractivity contribution < 1.29 is 4.74 Å². The van der Waals surface area contributed by atoms with Crippen molar-refractivity contribution in [1.82, 2.24) is 4.90 Å². The van der Waals surface area contributed by atoms with Gasteiger partial charge in [-0.15, -0.1) is 0 Å². The number of unbranched alkanes of at least 4 members (excludes halogenated alkanes) is 1. The average molecular weight is 276 g/mol. The Kier molecular flexibility index (Phi) is 5.44. The predicted molar refractivity (Wildman–Crippen MR) is 84.0 cm³/mol. The highest BCUT2D eigenvalue weighted by Crippen LogP contribution is 2.36. The molecule has 2 atom stereocenters. The van der Waals surface area contributed by atoms with Crippen LogP contribution in [0.2, 0.25) is 0 Å². The van der Waals surface area contributed by atoms with Crippen molar-refractivity contribution in [1.29, 1.82) is 0 Å². The van der Waals surface area contributed by atoms with Gasteiger partial charge in [0.05, 0.1) is 7.11 Å². The molecule has 0 aromatic heterocycles. The van der Waals surface area contributed by atoms with E-state index in [1.807, 2.05) is 12.1 Å². The van der Waals surface area contributed by atoms with Crippen LogP contribution in [0.5, 0.6) is 5.75 Å². The van der Waals surface area contributed by atoms with E-state index in [1.54, 1.807) is 7.11 Å². The number of hydrogen-bond acceptors (Lipinski definition) is 3. The largest absolute Gasteiger partial charge is 0.497 e. The molecule has 3 heteroatoms. The lowest BCUT2D eigenvalue weighted by atomic mass is 9.98. The third-order valence-corrected chi connectivity index (χ3v) is 4.10. The second-order valence-electron chi connectivity index (χ2n) is 5.90. The van der Waals surface area contributed by atoms with E-state index >= 15 is 0 Å². The van der Waals surface area contributed by atoms with Crippen molar-refractivity contribution in [2.24, 2.45) is 5.73 Å². The van der Waals surface area contributed by atoms with Crippen LogP contribution in [-0.4, -0.2) is 30.6 Å². The molecule has 1 fully saturated rings. The summed E-state index contributed by atoms with van der Waals surface area (Å²) in [6.45, 7) is 5.52. The van der Waals surface area contributed by atoms with E-state index < -0.39 is 0 Å². The summed E-state index contributed by atoms with van der Waals surface area (Å²) in [5, 5.41) is 0. The van der Waals surface area contributed by atoms with Crippen molar-refractivity contribution in [2.75, 3.05) is 13.7 Å². The molecule has 20 heavy (non-hydrogen) atoms. The third kappa shape index (κ3) is 3.74. The summed E-state index contributed by atoms with van der Waals surface area (Å²) in [7, 11) is 1.70. The van der Waals surface area contributed by atoms with Crippen LogP contribution in [0.25, 0.3) is 0 Å². The zero-order valence-corrected chi connectivity index (χ0v) is 13.0.